The second kappa shape index (κ2) is 3.74. The van der Waals surface area contributed by atoms with Gasteiger partial charge in [-0.25, -0.2) is 0 Å². The van der Waals surface area contributed by atoms with Gasteiger partial charge in [0, 0.05) is 11.6 Å². The van der Waals surface area contributed by atoms with Crippen LogP contribution in [0.1, 0.15) is 11.1 Å². The van der Waals surface area contributed by atoms with E-state index in [1.807, 2.05) is 12.1 Å². The Hall–Kier alpha value is -2.01. The standard InChI is InChI=1S/C13H6BrNO3/c14-10-6-11(15(17)18)12-8-4-2-1-3-7(8)5-9(12)13(10)16/h1-6H. The summed E-state index contributed by atoms with van der Waals surface area (Å²) in [4.78, 5) is 22.6. The molecule has 5 heteroatoms. The van der Waals surface area contributed by atoms with E-state index in [1.54, 1.807) is 18.2 Å². The molecule has 0 unspecified atom stereocenters. The van der Waals surface area contributed by atoms with E-state index in [2.05, 4.69) is 15.9 Å². The Morgan fingerprint density at radius 1 is 1.17 bits per heavy atom. The van der Waals surface area contributed by atoms with E-state index in [0.29, 0.717) is 11.1 Å². The van der Waals surface area contributed by atoms with E-state index < -0.39 is 4.92 Å². The number of hydrogen-bond acceptors (Lipinski definition) is 3. The number of Topliss-reactive ketones (excluding diaryl/α,β-unsaturated/α-hetero) is 1. The highest BCUT2D eigenvalue weighted by Crippen LogP contribution is 2.43. The first-order chi connectivity index (χ1) is 8.59. The lowest BCUT2D eigenvalue weighted by molar-refractivity contribution is -0.418. The Morgan fingerprint density at radius 2 is 1.89 bits per heavy atom. The summed E-state index contributed by atoms with van der Waals surface area (Å²) >= 11 is 3.08. The lowest BCUT2D eigenvalue weighted by Crippen LogP contribution is -2.12. The zero-order chi connectivity index (χ0) is 12.9. The Morgan fingerprint density at radius 3 is 2.61 bits per heavy atom. The van der Waals surface area contributed by atoms with Crippen molar-refractivity contribution in [3.05, 3.63) is 67.3 Å². The van der Waals surface area contributed by atoms with Crippen molar-refractivity contribution in [2.24, 2.45) is 0 Å². The SMILES string of the molecule is O=C1C(Br)=CC([N+](=O)[O-])=C2C1=Cc1ccccc12. The van der Waals surface area contributed by atoms with Gasteiger partial charge in [0.15, 0.2) is 0 Å². The molecule has 1 aromatic rings. The van der Waals surface area contributed by atoms with Crippen molar-refractivity contribution in [1.29, 1.82) is 0 Å². The first-order valence-electron chi connectivity index (χ1n) is 5.21. The zero-order valence-electron chi connectivity index (χ0n) is 9.01. The summed E-state index contributed by atoms with van der Waals surface area (Å²) in [5.41, 5.74) is 2.34. The van der Waals surface area contributed by atoms with Crippen molar-refractivity contribution >= 4 is 33.4 Å². The minimum atomic E-state index is -0.459. The van der Waals surface area contributed by atoms with E-state index >= 15 is 0 Å². The number of carbonyl (C=O) groups excluding carboxylic acids is 1. The van der Waals surface area contributed by atoms with Gasteiger partial charge in [-0.05, 0) is 33.1 Å². The number of ketones is 1. The van der Waals surface area contributed by atoms with Crippen molar-refractivity contribution in [2.45, 2.75) is 0 Å². The van der Waals surface area contributed by atoms with Crippen LogP contribution < -0.4 is 0 Å². The fraction of sp³-hybridized carbons (Fsp3) is 0. The van der Waals surface area contributed by atoms with Crippen LogP contribution in [0.15, 0.2) is 46.1 Å². The van der Waals surface area contributed by atoms with Gasteiger partial charge in [-0.2, -0.15) is 0 Å². The summed E-state index contributed by atoms with van der Waals surface area (Å²) in [6, 6.07) is 7.27. The third kappa shape index (κ3) is 1.41. The normalized spacial score (nSPS) is 17.1. The molecule has 0 spiro atoms. The second-order valence-electron chi connectivity index (χ2n) is 3.98. The molecule has 3 rings (SSSR count). The van der Waals surface area contributed by atoms with E-state index in [9.17, 15) is 14.9 Å². The summed E-state index contributed by atoms with van der Waals surface area (Å²) < 4.78 is 0.219. The average Bonchev–Trinajstić information content (AvgIpc) is 2.73. The van der Waals surface area contributed by atoms with Crippen LogP contribution in [0.4, 0.5) is 0 Å². The molecule has 0 atom stereocenters. The number of rotatable bonds is 1. The van der Waals surface area contributed by atoms with Crippen molar-refractivity contribution < 1.29 is 9.72 Å². The van der Waals surface area contributed by atoms with Crippen molar-refractivity contribution in [1.82, 2.24) is 0 Å². The maximum Gasteiger partial charge on any atom is 0.279 e. The van der Waals surface area contributed by atoms with Gasteiger partial charge < -0.3 is 0 Å². The zero-order valence-corrected chi connectivity index (χ0v) is 10.6. The third-order valence-electron chi connectivity index (χ3n) is 2.98. The number of benzene rings is 1. The van der Waals surface area contributed by atoms with Crippen LogP contribution in [0, 0.1) is 10.1 Å². The third-order valence-corrected chi connectivity index (χ3v) is 3.57. The number of fused-ring (bicyclic) bond motifs is 3. The lowest BCUT2D eigenvalue weighted by atomic mass is 9.94. The summed E-state index contributed by atoms with van der Waals surface area (Å²) in [6.45, 7) is 0. The van der Waals surface area contributed by atoms with E-state index in [4.69, 9.17) is 0 Å². The average molecular weight is 304 g/mol. The molecule has 0 N–H and O–H groups in total. The Bertz CT molecular complexity index is 698. The molecule has 0 saturated carbocycles. The minimum absolute atomic E-state index is 0.0438. The van der Waals surface area contributed by atoms with Gasteiger partial charge in [0.2, 0.25) is 5.78 Å². The van der Waals surface area contributed by atoms with Crippen molar-refractivity contribution in [3.63, 3.8) is 0 Å². The van der Waals surface area contributed by atoms with Crippen LogP contribution in [-0.4, -0.2) is 10.7 Å². The molecule has 0 fully saturated rings. The number of allylic oxidation sites excluding steroid dienone is 4. The molecule has 18 heavy (non-hydrogen) atoms. The fourth-order valence-corrected chi connectivity index (χ4v) is 2.64. The quantitative estimate of drug-likeness (QED) is 0.592. The van der Waals surface area contributed by atoms with E-state index in [0.717, 1.165) is 11.1 Å². The highest BCUT2D eigenvalue weighted by molar-refractivity contribution is 9.12. The first kappa shape index (κ1) is 11.1. The molecule has 0 saturated heterocycles. The molecule has 0 aliphatic heterocycles. The smallest absolute Gasteiger partial charge is 0.279 e. The molecule has 2 aliphatic carbocycles. The predicted molar refractivity (Wildman–Crippen MR) is 70.4 cm³/mol. The largest absolute Gasteiger partial charge is 0.288 e. The van der Waals surface area contributed by atoms with Gasteiger partial charge in [0.25, 0.3) is 5.70 Å². The van der Waals surface area contributed by atoms with Crippen LogP contribution >= 0.6 is 15.9 Å². The van der Waals surface area contributed by atoms with Gasteiger partial charge in [-0.3, -0.25) is 14.9 Å². The van der Waals surface area contributed by atoms with E-state index in [-0.39, 0.29) is 16.0 Å². The van der Waals surface area contributed by atoms with Gasteiger partial charge >= 0.3 is 0 Å². The predicted octanol–water partition coefficient (Wildman–Crippen LogP) is 2.93. The molecular weight excluding hydrogens is 298 g/mol. The Balaban J connectivity index is 2.36. The Labute approximate surface area is 111 Å². The van der Waals surface area contributed by atoms with Gasteiger partial charge in [0.1, 0.15) is 0 Å². The molecular formula is C13H6BrNO3. The van der Waals surface area contributed by atoms with Gasteiger partial charge in [0.05, 0.1) is 15.0 Å². The number of carbonyl (C=O) groups is 1. The molecule has 0 radical (unpaired) electrons. The van der Waals surface area contributed by atoms with Crippen LogP contribution in [0.2, 0.25) is 0 Å². The molecule has 0 heterocycles. The number of halogens is 1. The highest BCUT2D eigenvalue weighted by Gasteiger charge is 2.36. The van der Waals surface area contributed by atoms with Gasteiger partial charge in [-0.1, -0.05) is 24.3 Å². The summed E-state index contributed by atoms with van der Waals surface area (Å²) in [6.07, 6.45) is 2.97. The molecule has 2 aliphatic rings. The molecule has 0 aromatic heterocycles. The first-order valence-corrected chi connectivity index (χ1v) is 6.01. The number of nitro groups is 1. The van der Waals surface area contributed by atoms with Gasteiger partial charge in [-0.15, -0.1) is 0 Å². The van der Waals surface area contributed by atoms with Crippen molar-refractivity contribution in [3.8, 4) is 0 Å². The van der Waals surface area contributed by atoms with Crippen LogP contribution in [-0.2, 0) is 4.79 Å². The lowest BCUT2D eigenvalue weighted by Gasteiger charge is -2.11. The summed E-state index contributed by atoms with van der Waals surface area (Å²) in [5.74, 6) is -0.216. The monoisotopic (exact) mass is 303 g/mol. The summed E-state index contributed by atoms with van der Waals surface area (Å²) in [5, 5.41) is 11.1. The van der Waals surface area contributed by atoms with Crippen LogP contribution in [0.25, 0.3) is 11.6 Å². The maximum absolute atomic E-state index is 12.0. The number of nitrogens with zero attached hydrogens (tertiary/aromatic N) is 1. The van der Waals surface area contributed by atoms with E-state index in [1.165, 1.54) is 6.08 Å². The number of hydrogen-bond donors (Lipinski definition) is 0. The molecule has 0 amide bonds. The van der Waals surface area contributed by atoms with Crippen LogP contribution in [0.3, 0.4) is 0 Å². The van der Waals surface area contributed by atoms with Crippen molar-refractivity contribution in [2.75, 3.05) is 0 Å². The highest BCUT2D eigenvalue weighted by atomic mass is 79.9. The topological polar surface area (TPSA) is 60.2 Å². The second-order valence-corrected chi connectivity index (χ2v) is 4.84. The van der Waals surface area contributed by atoms with Crippen LogP contribution in [0.5, 0.6) is 0 Å². The maximum atomic E-state index is 12.0. The minimum Gasteiger partial charge on any atom is -0.288 e. The molecule has 1 aromatic carbocycles. The Kier molecular flexibility index (Phi) is 2.31. The molecule has 0 bridgehead atoms. The fourth-order valence-electron chi connectivity index (χ4n) is 2.21. The molecule has 4 nitrogen and oxygen atoms in total. The summed E-state index contributed by atoms with van der Waals surface area (Å²) in [7, 11) is 0. The molecule has 88 valence electrons.